The van der Waals surface area contributed by atoms with E-state index in [1.54, 1.807) is 92.1 Å². The third-order valence-corrected chi connectivity index (χ3v) is 25.0. The number of carbonyl (C=O) groups is 18. The summed E-state index contributed by atoms with van der Waals surface area (Å²) in [5.41, 5.74) is 26.5. The number of H-pyrrole nitrogens is 2. The van der Waals surface area contributed by atoms with E-state index in [-0.39, 0.29) is 90.3 Å². The second-order valence-corrected chi connectivity index (χ2v) is 34.6. The maximum atomic E-state index is 15.8. The summed E-state index contributed by atoms with van der Waals surface area (Å²) >= 11 is 0.719. The molecule has 0 radical (unpaired) electrons. The first-order chi connectivity index (χ1) is 63.4. The first-order valence-corrected chi connectivity index (χ1v) is 45.8. The number of hydrogen-bond donors (Lipinski definition) is 19. The predicted molar refractivity (Wildman–Crippen MR) is 488 cm³/mol. The van der Waals surface area contributed by atoms with Gasteiger partial charge in [-0.3, -0.25) is 86.3 Å². The van der Waals surface area contributed by atoms with Crippen LogP contribution in [0.1, 0.15) is 140 Å². The molecule has 0 bridgehead atoms. The fourth-order valence-electron chi connectivity index (χ4n) is 16.3. The van der Waals surface area contributed by atoms with Crippen molar-refractivity contribution in [2.45, 2.75) is 233 Å². The number of carbonyl (C=O) groups excluding carboxylic acids is 16. The standard InChI is InChI=1S/C89H127N21O22S/c1-8-10-24-68-82(124)99-59(31-32-74(114)115)78(120)105-67(77(119)96-45-72(93)112)47-133-48-73(113)97-63(37-50-27-29-54(132-7)30-28-50)85(127)106(4)49(3)76(118)102-65(41-75(116)117)88(130)109-36-18-26-69(109)83(125)104-66(42-92)81(123)100-61(23-16-17-34-90)87(129)110-46-53(111)40-71(110)84(126)101-62(38-51-43-94-57-21-14-12-19-55(51)57)80(122)98-60(33-35-91)79(121)103-64(39-52-44-95-58-22-15-13-20-56(52)58)86(128)108(6)70(25-11-9-2)89(131)107(68)5/h12-15,19-22,27-30,43-44,49,53,59-71,94-95,111H,8-11,16-18,23-26,31-42,45-48,90-92H2,1-7H3,(H2,93,112)(H,96,119)(H,97,113)(H,98,122)(H,99,124)(H,100,123)(H,101,126)(H,102,118)(H,103,121)(H,104,125)(H,105,120)(H,114,115)(H,116,117)/t49-,53+,59-,60-,61-,62-,63-,64-,65-,66-,67-,68-,69-,70-,71-/m0/s1. The second-order valence-electron chi connectivity index (χ2n) is 33.5. The van der Waals surface area contributed by atoms with Gasteiger partial charge in [0.2, 0.25) is 94.5 Å². The number of carboxylic acid groups (broad SMARTS) is 2. The second kappa shape index (κ2) is 51.3. The Bertz CT molecular complexity index is 4960. The molecule has 0 unspecified atom stereocenters. The van der Waals surface area contributed by atoms with Crippen LogP contribution in [-0.4, -0.2) is 326 Å². The summed E-state index contributed by atoms with van der Waals surface area (Å²) in [7, 11) is 5.26. The number of primary amides is 1. The Labute approximate surface area is 773 Å². The van der Waals surface area contributed by atoms with Crippen molar-refractivity contribution in [2.24, 2.45) is 22.9 Å². The van der Waals surface area contributed by atoms with Gasteiger partial charge in [-0.2, -0.15) is 0 Å². The molecule has 3 aliphatic rings. The highest BCUT2D eigenvalue weighted by Crippen LogP contribution is 2.28. The minimum absolute atomic E-state index is 0.0218. The van der Waals surface area contributed by atoms with E-state index in [9.17, 15) is 68.1 Å². The number of nitrogens with two attached hydrogens (primary N) is 4. The topological polar surface area (TPSA) is 649 Å². The van der Waals surface area contributed by atoms with Crippen molar-refractivity contribution in [3.63, 3.8) is 0 Å². The number of methoxy groups -OCH3 is 1. The maximum absolute atomic E-state index is 15.8. The van der Waals surface area contributed by atoms with Crippen molar-refractivity contribution in [1.82, 2.24) is 87.6 Å². The number of nitrogens with zero attached hydrogens (tertiary/aromatic N) is 5. The summed E-state index contributed by atoms with van der Waals surface area (Å²) in [5, 5.41) is 58.9. The molecule has 0 spiro atoms. The number of ether oxygens (including phenoxy) is 1. The molecule has 5 heterocycles. The number of benzene rings is 3. The Morgan fingerprint density at radius 3 is 1.64 bits per heavy atom. The number of rotatable bonds is 28. The molecule has 3 aliphatic heterocycles. The molecule has 0 aliphatic carbocycles. The predicted octanol–water partition coefficient (Wildman–Crippen LogP) is -2.99. The van der Waals surface area contributed by atoms with E-state index in [1.165, 1.54) is 35.2 Å². The van der Waals surface area contributed by atoms with E-state index in [0.717, 1.165) is 36.3 Å². The number of aromatic nitrogens is 2. The van der Waals surface area contributed by atoms with Crippen LogP contribution >= 0.6 is 11.8 Å². The monoisotopic (exact) mass is 1870 g/mol. The van der Waals surface area contributed by atoms with Crippen LogP contribution in [0.2, 0.25) is 0 Å². The molecule has 2 aromatic heterocycles. The Morgan fingerprint density at radius 1 is 0.511 bits per heavy atom. The quantitative estimate of drug-likeness (QED) is 0.0222. The number of para-hydroxylation sites is 2. The van der Waals surface area contributed by atoms with Crippen LogP contribution in [0.25, 0.3) is 21.8 Å². The first kappa shape index (κ1) is 106. The number of aliphatic hydroxyl groups is 1. The SMILES string of the molecule is CCCC[C@H]1C(=O)N(C)[C@@H](CCCC)C(=O)N[C@@H](CCC(=O)O)C(=O)N[C@H](C(=O)NCC(N)=O)CSCC(=O)N[C@@H](Cc2ccc(OC)cc2)C(=O)N(C)[C@@H](C)C(=O)N[C@@H](CC(=O)O)C(=O)N2CCC[C@H]2C(=O)N[C@@H](CN)C(=O)N[C@@H](CCCCN)C(=O)N2C[C@H](O)C[C@H]2C(=O)N[C@@H](Cc2c[nH]c3ccccc23)C(=O)N[C@@H](CCN)C(=O)N[C@@H](Cc2c[nH]c3ccccc23)C(=O)N1C. The van der Waals surface area contributed by atoms with Crippen LogP contribution in [0, 0.1) is 0 Å². The van der Waals surface area contributed by atoms with Gasteiger partial charge >= 0.3 is 11.9 Å². The molecule has 16 amide bonds. The number of thioether (sulfide) groups is 1. The molecular formula is C89H127N21O22S. The molecule has 3 fully saturated rings. The van der Waals surface area contributed by atoms with E-state index >= 15 is 33.6 Å². The Kier molecular flexibility index (Phi) is 40.7. The molecule has 5 aromatic rings. The first-order valence-electron chi connectivity index (χ1n) is 44.7. The molecule has 133 heavy (non-hydrogen) atoms. The number of hydrogen-bond acceptors (Lipinski definition) is 24. The summed E-state index contributed by atoms with van der Waals surface area (Å²) in [4.78, 5) is 272. The van der Waals surface area contributed by atoms with Crippen molar-refractivity contribution in [3.8, 4) is 5.75 Å². The van der Waals surface area contributed by atoms with Gasteiger partial charge in [0.25, 0.3) is 0 Å². The van der Waals surface area contributed by atoms with Crippen LogP contribution < -0.4 is 80.8 Å². The largest absolute Gasteiger partial charge is 0.497 e. The minimum atomic E-state index is -1.90. The molecule has 3 aromatic carbocycles. The number of aliphatic carboxylic acids is 2. The molecule has 3 saturated heterocycles. The maximum Gasteiger partial charge on any atom is 0.305 e. The van der Waals surface area contributed by atoms with Gasteiger partial charge in [0.1, 0.15) is 90.3 Å². The van der Waals surface area contributed by atoms with Crippen molar-refractivity contribution in [3.05, 3.63) is 102 Å². The lowest BCUT2D eigenvalue weighted by Gasteiger charge is -2.36. The van der Waals surface area contributed by atoms with Crippen LogP contribution in [0.5, 0.6) is 5.75 Å². The molecular weight excluding hydrogens is 1750 g/mol. The van der Waals surface area contributed by atoms with Gasteiger partial charge in [-0.05, 0) is 119 Å². The number of unbranched alkanes of at least 4 members (excludes halogenated alkanes) is 3. The van der Waals surface area contributed by atoms with E-state index in [2.05, 4.69) is 63.1 Å². The van der Waals surface area contributed by atoms with Crippen molar-refractivity contribution >= 4 is 140 Å². The third kappa shape index (κ3) is 29.6. The number of amides is 16. The van der Waals surface area contributed by atoms with Crippen LogP contribution in [-0.2, 0) is 106 Å². The molecule has 726 valence electrons. The number of likely N-dealkylation sites (N-methyl/N-ethyl adjacent to an activating group) is 3. The summed E-state index contributed by atoms with van der Waals surface area (Å²) in [5.74, 6) is -19.1. The fraction of sp³-hybridized carbons (Fsp3) is 0.551. The summed E-state index contributed by atoms with van der Waals surface area (Å²) in [6.45, 7) is 2.77. The number of fused-ring (bicyclic) bond motifs is 4. The van der Waals surface area contributed by atoms with Crippen molar-refractivity contribution < 1.29 is 106 Å². The van der Waals surface area contributed by atoms with Crippen LogP contribution in [0.15, 0.2) is 85.2 Å². The molecule has 23 N–H and O–H groups in total. The van der Waals surface area contributed by atoms with Crippen molar-refractivity contribution in [1.29, 1.82) is 0 Å². The Morgan fingerprint density at radius 2 is 1.04 bits per heavy atom. The lowest BCUT2D eigenvalue weighted by atomic mass is 9.99. The number of nitrogens with one attached hydrogen (secondary N) is 12. The highest BCUT2D eigenvalue weighted by Gasteiger charge is 2.47. The van der Waals surface area contributed by atoms with E-state index in [0.29, 0.717) is 69.9 Å². The van der Waals surface area contributed by atoms with Gasteiger partial charge in [0, 0.05) is 113 Å². The van der Waals surface area contributed by atoms with E-state index < -0.39 is 254 Å². The van der Waals surface area contributed by atoms with Gasteiger partial charge in [-0.25, -0.2) is 0 Å². The molecule has 15 atom stereocenters. The third-order valence-electron chi connectivity index (χ3n) is 23.9. The van der Waals surface area contributed by atoms with Gasteiger partial charge < -0.3 is 131 Å². The minimum Gasteiger partial charge on any atom is -0.497 e. The summed E-state index contributed by atoms with van der Waals surface area (Å²) in [6.07, 6.45) is -0.00588. The van der Waals surface area contributed by atoms with E-state index in [1.807, 2.05) is 6.92 Å². The number of aromatic amines is 2. The number of aliphatic hydroxyl groups excluding tert-OH is 1. The molecule has 44 heteroatoms. The Hall–Kier alpha value is -12.8. The van der Waals surface area contributed by atoms with Gasteiger partial charge in [-0.1, -0.05) is 88.1 Å². The van der Waals surface area contributed by atoms with Crippen LogP contribution in [0.3, 0.4) is 0 Å². The van der Waals surface area contributed by atoms with Crippen molar-refractivity contribution in [2.75, 3.05) is 79.0 Å². The zero-order valence-corrected chi connectivity index (χ0v) is 76.7. The smallest absolute Gasteiger partial charge is 0.305 e. The number of carboxylic acids is 2. The molecule has 8 rings (SSSR count). The van der Waals surface area contributed by atoms with Gasteiger partial charge in [0.05, 0.1) is 31.9 Å². The van der Waals surface area contributed by atoms with Gasteiger partial charge in [0.15, 0.2) is 0 Å². The summed E-state index contributed by atoms with van der Waals surface area (Å²) in [6, 6.07) is -1.69. The van der Waals surface area contributed by atoms with Gasteiger partial charge in [-0.15, -0.1) is 11.8 Å². The lowest BCUT2D eigenvalue weighted by Crippen LogP contribution is -2.61. The molecule has 43 nitrogen and oxygen atoms in total. The normalized spacial score (nSPS) is 24.9. The average Bonchev–Trinajstić information content (AvgIpc) is 1.73. The summed E-state index contributed by atoms with van der Waals surface area (Å²) < 4.78 is 5.32. The fourth-order valence-corrected chi connectivity index (χ4v) is 17.2. The highest BCUT2D eigenvalue weighted by atomic mass is 32.2. The lowest BCUT2D eigenvalue weighted by molar-refractivity contribution is -0.149. The molecule has 0 saturated carbocycles. The zero-order chi connectivity index (χ0) is 97.4. The Balaban J connectivity index is 1.19. The zero-order valence-electron chi connectivity index (χ0n) is 75.9. The highest BCUT2D eigenvalue weighted by molar-refractivity contribution is 8.00. The van der Waals surface area contributed by atoms with Crippen LogP contribution in [0.4, 0.5) is 0 Å². The van der Waals surface area contributed by atoms with E-state index in [4.69, 9.17) is 27.7 Å². The average molecular weight is 1880 g/mol.